The highest BCUT2D eigenvalue weighted by Crippen LogP contribution is 2.16. The lowest BCUT2D eigenvalue weighted by atomic mass is 10.3. The van der Waals surface area contributed by atoms with E-state index in [-0.39, 0.29) is 5.96 Å². The average Bonchev–Trinajstić information content (AvgIpc) is 2.47. The minimum atomic E-state index is 0.237. The number of nitrogens with zero attached hydrogens (tertiary/aromatic N) is 4. The predicted molar refractivity (Wildman–Crippen MR) is 96.9 cm³/mol. The van der Waals surface area contributed by atoms with E-state index in [2.05, 4.69) is 25.2 Å². The topological polar surface area (TPSA) is 88.7 Å². The van der Waals surface area contributed by atoms with Crippen LogP contribution in [0.15, 0.2) is 35.3 Å². The SMILES string of the molecule is Cc1cc(C)nc(/N=C(/N)Nc2ccc(OCCN(C)C)cc2)n1. The van der Waals surface area contributed by atoms with Crippen LogP contribution in [0, 0.1) is 13.8 Å². The first-order valence-electron chi connectivity index (χ1n) is 7.73. The monoisotopic (exact) mass is 328 g/mol. The van der Waals surface area contributed by atoms with Crippen molar-refractivity contribution < 1.29 is 4.74 Å². The molecule has 0 saturated carbocycles. The molecule has 7 nitrogen and oxygen atoms in total. The molecule has 2 aromatic rings. The number of hydrogen-bond acceptors (Lipinski definition) is 5. The minimum Gasteiger partial charge on any atom is -0.492 e. The van der Waals surface area contributed by atoms with Gasteiger partial charge in [0.2, 0.25) is 5.96 Å². The van der Waals surface area contributed by atoms with Gasteiger partial charge in [0.05, 0.1) is 0 Å². The quantitative estimate of drug-likeness (QED) is 0.623. The van der Waals surface area contributed by atoms with E-state index in [4.69, 9.17) is 10.5 Å². The lowest BCUT2D eigenvalue weighted by Crippen LogP contribution is -2.22. The van der Waals surface area contributed by atoms with Crippen LogP contribution in [0.25, 0.3) is 0 Å². The van der Waals surface area contributed by atoms with Gasteiger partial charge in [-0.2, -0.15) is 4.99 Å². The number of nitrogens with one attached hydrogen (secondary N) is 1. The third-order valence-corrected chi connectivity index (χ3v) is 3.12. The van der Waals surface area contributed by atoms with Gasteiger partial charge < -0.3 is 20.7 Å². The van der Waals surface area contributed by atoms with Gasteiger partial charge in [0.25, 0.3) is 5.95 Å². The molecule has 0 aliphatic carbocycles. The Kier molecular flexibility index (Phi) is 6.08. The summed E-state index contributed by atoms with van der Waals surface area (Å²) in [6, 6.07) is 9.43. The molecule has 0 atom stereocenters. The second-order valence-corrected chi connectivity index (χ2v) is 5.75. The van der Waals surface area contributed by atoms with Gasteiger partial charge in [-0.1, -0.05) is 0 Å². The Labute approximate surface area is 142 Å². The van der Waals surface area contributed by atoms with Crippen LogP contribution in [0.3, 0.4) is 0 Å². The Hall–Kier alpha value is -2.67. The van der Waals surface area contributed by atoms with Crippen LogP contribution in [-0.2, 0) is 0 Å². The number of benzene rings is 1. The summed E-state index contributed by atoms with van der Waals surface area (Å²) < 4.78 is 5.65. The molecule has 7 heteroatoms. The molecular weight excluding hydrogens is 304 g/mol. The zero-order chi connectivity index (χ0) is 17.5. The third-order valence-electron chi connectivity index (χ3n) is 3.12. The predicted octanol–water partition coefficient (Wildman–Crippen LogP) is 2.09. The molecule has 0 aliphatic rings. The van der Waals surface area contributed by atoms with Gasteiger partial charge >= 0.3 is 0 Å². The van der Waals surface area contributed by atoms with E-state index < -0.39 is 0 Å². The van der Waals surface area contributed by atoms with E-state index in [1.807, 2.05) is 58.3 Å². The molecule has 24 heavy (non-hydrogen) atoms. The Bertz CT molecular complexity index is 676. The highest BCUT2D eigenvalue weighted by Gasteiger charge is 2.01. The van der Waals surface area contributed by atoms with Gasteiger partial charge in [0, 0.05) is 23.6 Å². The summed E-state index contributed by atoms with van der Waals surface area (Å²) in [6.07, 6.45) is 0. The summed E-state index contributed by atoms with van der Waals surface area (Å²) in [5.74, 6) is 1.40. The molecular formula is C17H24N6O. The van der Waals surface area contributed by atoms with Crippen LogP contribution < -0.4 is 15.8 Å². The van der Waals surface area contributed by atoms with Gasteiger partial charge in [-0.05, 0) is 58.3 Å². The molecule has 0 radical (unpaired) electrons. The summed E-state index contributed by atoms with van der Waals surface area (Å²) in [5, 5.41) is 3.01. The van der Waals surface area contributed by atoms with E-state index in [1.54, 1.807) is 0 Å². The summed E-state index contributed by atoms with van der Waals surface area (Å²) >= 11 is 0. The lowest BCUT2D eigenvalue weighted by Gasteiger charge is -2.11. The second-order valence-electron chi connectivity index (χ2n) is 5.75. The van der Waals surface area contributed by atoms with Crippen LogP contribution in [0.2, 0.25) is 0 Å². The molecule has 0 unspecified atom stereocenters. The van der Waals surface area contributed by atoms with Crippen molar-refractivity contribution in [2.24, 2.45) is 10.7 Å². The van der Waals surface area contributed by atoms with Gasteiger partial charge in [-0.3, -0.25) is 0 Å². The van der Waals surface area contributed by atoms with Crippen molar-refractivity contribution in [3.8, 4) is 5.75 Å². The summed E-state index contributed by atoms with van der Waals surface area (Å²) in [6.45, 7) is 5.31. The number of anilines is 1. The fourth-order valence-corrected chi connectivity index (χ4v) is 2.02. The van der Waals surface area contributed by atoms with Crippen LogP contribution in [0.4, 0.5) is 11.6 Å². The smallest absolute Gasteiger partial charge is 0.253 e. The first kappa shape index (κ1) is 17.7. The number of guanidine groups is 1. The number of ether oxygens (including phenoxy) is 1. The van der Waals surface area contributed by atoms with Crippen molar-refractivity contribution in [3.63, 3.8) is 0 Å². The van der Waals surface area contributed by atoms with E-state index >= 15 is 0 Å². The van der Waals surface area contributed by atoms with Gasteiger partial charge in [-0.15, -0.1) is 0 Å². The molecule has 2 rings (SSSR count). The zero-order valence-electron chi connectivity index (χ0n) is 14.6. The first-order valence-corrected chi connectivity index (χ1v) is 7.73. The molecule has 0 fully saturated rings. The number of hydrogen-bond donors (Lipinski definition) is 2. The fraction of sp³-hybridized carbons (Fsp3) is 0.353. The highest BCUT2D eigenvalue weighted by atomic mass is 16.5. The number of nitrogens with two attached hydrogens (primary N) is 1. The van der Waals surface area contributed by atoms with Crippen molar-refractivity contribution >= 4 is 17.6 Å². The molecule has 0 bridgehead atoms. The summed E-state index contributed by atoms with van der Waals surface area (Å²) in [5.41, 5.74) is 8.44. The number of rotatable bonds is 6. The van der Waals surface area contributed by atoms with E-state index in [0.29, 0.717) is 12.6 Å². The van der Waals surface area contributed by atoms with Crippen molar-refractivity contribution in [2.45, 2.75) is 13.8 Å². The largest absolute Gasteiger partial charge is 0.492 e. The standard InChI is InChI=1S/C17H24N6O/c1-12-11-13(2)20-17(19-12)22-16(18)21-14-5-7-15(8-6-14)24-10-9-23(3)4/h5-8,11H,9-10H2,1-4H3,(H3,18,19,20,21,22). The molecule has 0 spiro atoms. The maximum atomic E-state index is 5.91. The van der Waals surface area contributed by atoms with E-state index in [0.717, 1.165) is 29.4 Å². The fourth-order valence-electron chi connectivity index (χ4n) is 2.02. The van der Waals surface area contributed by atoms with Crippen LogP contribution in [0.1, 0.15) is 11.4 Å². The first-order chi connectivity index (χ1) is 11.4. The summed E-state index contributed by atoms with van der Waals surface area (Å²) in [4.78, 5) is 14.7. The van der Waals surface area contributed by atoms with Crippen LogP contribution >= 0.6 is 0 Å². The molecule has 1 aromatic carbocycles. The van der Waals surface area contributed by atoms with Crippen LogP contribution in [-0.4, -0.2) is 48.1 Å². The van der Waals surface area contributed by atoms with E-state index in [9.17, 15) is 0 Å². The number of aliphatic imine (C=N–C) groups is 1. The number of aromatic nitrogens is 2. The lowest BCUT2D eigenvalue weighted by molar-refractivity contribution is 0.261. The highest BCUT2D eigenvalue weighted by molar-refractivity contribution is 5.93. The molecule has 0 amide bonds. The van der Waals surface area contributed by atoms with Crippen LogP contribution in [0.5, 0.6) is 5.75 Å². The summed E-state index contributed by atoms with van der Waals surface area (Å²) in [7, 11) is 4.02. The van der Waals surface area contributed by atoms with Gasteiger partial charge in [0.15, 0.2) is 0 Å². The Morgan fingerprint density at radius 1 is 1.17 bits per heavy atom. The second kappa shape index (κ2) is 8.26. The van der Waals surface area contributed by atoms with Crippen molar-refractivity contribution in [1.82, 2.24) is 14.9 Å². The number of likely N-dealkylation sites (N-methyl/N-ethyl adjacent to an activating group) is 1. The Balaban J connectivity index is 1.96. The van der Waals surface area contributed by atoms with Gasteiger partial charge in [-0.25, -0.2) is 9.97 Å². The van der Waals surface area contributed by atoms with Crippen molar-refractivity contribution in [3.05, 3.63) is 41.7 Å². The number of aryl methyl sites for hydroxylation is 2. The Morgan fingerprint density at radius 2 is 1.79 bits per heavy atom. The average molecular weight is 328 g/mol. The molecule has 0 aliphatic heterocycles. The molecule has 1 aromatic heterocycles. The third kappa shape index (κ3) is 5.85. The minimum absolute atomic E-state index is 0.237. The zero-order valence-corrected chi connectivity index (χ0v) is 14.6. The van der Waals surface area contributed by atoms with E-state index in [1.165, 1.54) is 0 Å². The van der Waals surface area contributed by atoms with Gasteiger partial charge in [0.1, 0.15) is 12.4 Å². The maximum absolute atomic E-state index is 5.91. The molecule has 1 heterocycles. The molecule has 3 N–H and O–H groups in total. The molecule has 0 saturated heterocycles. The normalized spacial score (nSPS) is 11.6. The maximum Gasteiger partial charge on any atom is 0.253 e. The molecule has 128 valence electrons. The van der Waals surface area contributed by atoms with Crippen molar-refractivity contribution in [2.75, 3.05) is 32.6 Å². The Morgan fingerprint density at radius 3 is 2.38 bits per heavy atom. The van der Waals surface area contributed by atoms with Crippen molar-refractivity contribution in [1.29, 1.82) is 0 Å².